The molecular formula is C22H20BrN3O4S2. The number of thiocarbonyl (C=S) groups is 1. The summed E-state index contributed by atoms with van der Waals surface area (Å²) < 4.78 is 6.10. The molecule has 1 aromatic carbocycles. The van der Waals surface area contributed by atoms with E-state index in [2.05, 4.69) is 26.2 Å². The second kappa shape index (κ2) is 9.60. The molecule has 1 aromatic heterocycles. The molecule has 166 valence electrons. The number of fused-ring (bicyclic) bond motifs is 1. The second-order valence-electron chi connectivity index (χ2n) is 7.31. The van der Waals surface area contributed by atoms with E-state index in [0.717, 1.165) is 40.6 Å². The maximum atomic E-state index is 13.2. The first-order valence-corrected chi connectivity index (χ1v) is 12.2. The van der Waals surface area contributed by atoms with Gasteiger partial charge in [0.1, 0.15) is 5.00 Å². The minimum absolute atomic E-state index is 0.0192. The number of thiophene rings is 1. The lowest BCUT2D eigenvalue weighted by Gasteiger charge is -2.30. The van der Waals surface area contributed by atoms with Gasteiger partial charge < -0.3 is 10.1 Å². The number of ether oxygens (including phenoxy) is 1. The number of nitrogens with one attached hydrogen (secondary N) is 1. The number of halogens is 1. The summed E-state index contributed by atoms with van der Waals surface area (Å²) in [7, 11) is 0. The maximum absolute atomic E-state index is 13.2. The van der Waals surface area contributed by atoms with Crippen molar-refractivity contribution in [2.24, 2.45) is 10.9 Å². The van der Waals surface area contributed by atoms with Crippen molar-refractivity contribution in [3.8, 4) is 0 Å². The van der Waals surface area contributed by atoms with Gasteiger partial charge in [-0.15, -0.1) is 11.3 Å². The lowest BCUT2D eigenvalue weighted by atomic mass is 9.95. The number of benzene rings is 1. The zero-order chi connectivity index (χ0) is 22.8. The number of aryl methyl sites for hydroxylation is 1. The summed E-state index contributed by atoms with van der Waals surface area (Å²) in [6.07, 6.45) is 5.04. The molecule has 0 saturated carbocycles. The Morgan fingerprint density at radius 2 is 2.03 bits per heavy atom. The molecule has 0 unspecified atom stereocenters. The van der Waals surface area contributed by atoms with Crippen molar-refractivity contribution < 1.29 is 19.1 Å². The maximum Gasteiger partial charge on any atom is 0.341 e. The van der Waals surface area contributed by atoms with Gasteiger partial charge in [-0.2, -0.15) is 0 Å². The second-order valence-corrected chi connectivity index (χ2v) is 9.70. The van der Waals surface area contributed by atoms with Crippen molar-refractivity contribution in [2.45, 2.75) is 32.6 Å². The summed E-state index contributed by atoms with van der Waals surface area (Å²) >= 11 is 10.0. The Morgan fingerprint density at radius 1 is 1.31 bits per heavy atom. The van der Waals surface area contributed by atoms with E-state index in [9.17, 15) is 14.4 Å². The van der Waals surface area contributed by atoms with Crippen LogP contribution in [0.4, 0.5) is 10.7 Å². The Bertz CT molecular complexity index is 1130. The van der Waals surface area contributed by atoms with E-state index < -0.39 is 23.7 Å². The molecule has 1 fully saturated rings. The van der Waals surface area contributed by atoms with Gasteiger partial charge in [-0.1, -0.05) is 15.9 Å². The summed E-state index contributed by atoms with van der Waals surface area (Å²) in [6, 6.07) is 7.03. The molecule has 1 aliphatic carbocycles. The third kappa shape index (κ3) is 4.39. The molecule has 2 aromatic rings. The van der Waals surface area contributed by atoms with Crippen molar-refractivity contribution in [3.63, 3.8) is 0 Å². The highest BCUT2D eigenvalue weighted by Gasteiger charge is 2.38. The Labute approximate surface area is 203 Å². The molecule has 0 bridgehead atoms. The quantitative estimate of drug-likeness (QED) is 0.267. The van der Waals surface area contributed by atoms with Crippen molar-refractivity contribution >= 4 is 79.3 Å². The Balaban J connectivity index is 1.66. The highest BCUT2D eigenvalue weighted by atomic mass is 79.9. The van der Waals surface area contributed by atoms with Crippen LogP contribution in [0.25, 0.3) is 0 Å². The van der Waals surface area contributed by atoms with Crippen LogP contribution in [0, 0.1) is 5.92 Å². The van der Waals surface area contributed by atoms with E-state index in [1.807, 2.05) is 0 Å². The summed E-state index contributed by atoms with van der Waals surface area (Å²) in [5.41, 5.74) is 1.97. The Morgan fingerprint density at radius 3 is 2.75 bits per heavy atom. The fourth-order valence-electron chi connectivity index (χ4n) is 3.75. The van der Waals surface area contributed by atoms with E-state index >= 15 is 0 Å². The first-order chi connectivity index (χ1) is 15.4. The summed E-state index contributed by atoms with van der Waals surface area (Å²) in [5, 5.41) is 3.06. The normalized spacial score (nSPS) is 18.6. The lowest BCUT2D eigenvalue weighted by Crippen LogP contribution is -2.58. The van der Waals surface area contributed by atoms with Crippen molar-refractivity contribution in [1.29, 1.82) is 0 Å². The van der Waals surface area contributed by atoms with Crippen LogP contribution in [0.1, 0.15) is 40.6 Å². The number of hydrogen-bond donors (Lipinski definition) is 1. The zero-order valence-corrected chi connectivity index (χ0v) is 20.4. The van der Waals surface area contributed by atoms with Crippen LogP contribution >= 0.6 is 39.5 Å². The van der Waals surface area contributed by atoms with Crippen LogP contribution in [0.5, 0.6) is 0 Å². The third-order valence-corrected chi connectivity index (χ3v) is 7.27. The summed E-state index contributed by atoms with van der Waals surface area (Å²) in [4.78, 5) is 45.2. The first kappa shape index (κ1) is 22.8. The van der Waals surface area contributed by atoms with Crippen LogP contribution < -0.4 is 10.2 Å². The number of aliphatic imine (C=N–C) groups is 1. The van der Waals surface area contributed by atoms with Crippen LogP contribution in [0.3, 0.4) is 0 Å². The van der Waals surface area contributed by atoms with Gasteiger partial charge in [0.05, 0.1) is 17.9 Å². The molecular weight excluding hydrogens is 514 g/mol. The number of anilines is 1. The Kier molecular flexibility index (Phi) is 6.82. The van der Waals surface area contributed by atoms with Crippen LogP contribution in [0.15, 0.2) is 33.7 Å². The Hall–Kier alpha value is -2.43. The predicted octanol–water partition coefficient (Wildman–Crippen LogP) is 4.33. The van der Waals surface area contributed by atoms with Crippen molar-refractivity contribution in [1.82, 2.24) is 5.32 Å². The van der Waals surface area contributed by atoms with Crippen LogP contribution in [0.2, 0.25) is 0 Å². The molecule has 1 aliphatic heterocycles. The molecule has 1 N–H and O–H groups in total. The molecule has 0 radical (unpaired) electrons. The monoisotopic (exact) mass is 533 g/mol. The standard InChI is InChI=1S/C22H20BrN3O4S2/c1-2-30-21(29)17-14-5-3-4-6-16(14)32-19(17)24-11-15-18(27)25-22(31)26(20(15)28)13-9-7-12(23)8-10-13/h7-11,15H,2-6H2,1H3,(H,25,27,31)/t15-/m0/s1. The number of hydrogen-bond acceptors (Lipinski definition) is 7. The molecule has 4 rings (SSSR count). The van der Waals surface area contributed by atoms with E-state index in [-0.39, 0.29) is 11.7 Å². The minimum Gasteiger partial charge on any atom is -0.462 e. The van der Waals surface area contributed by atoms with Gasteiger partial charge in [0.2, 0.25) is 5.91 Å². The topological polar surface area (TPSA) is 88.1 Å². The zero-order valence-electron chi connectivity index (χ0n) is 17.2. The first-order valence-electron chi connectivity index (χ1n) is 10.2. The fraction of sp³-hybridized carbons (Fsp3) is 0.318. The van der Waals surface area contributed by atoms with Gasteiger partial charge in [-0.25, -0.2) is 9.79 Å². The molecule has 1 atom stereocenters. The van der Waals surface area contributed by atoms with E-state index in [1.165, 1.54) is 22.5 Å². The smallest absolute Gasteiger partial charge is 0.341 e. The predicted molar refractivity (Wildman–Crippen MR) is 131 cm³/mol. The van der Waals surface area contributed by atoms with Gasteiger partial charge >= 0.3 is 5.97 Å². The highest BCUT2D eigenvalue weighted by Crippen LogP contribution is 2.40. The van der Waals surface area contributed by atoms with E-state index in [1.54, 1.807) is 31.2 Å². The molecule has 7 nitrogen and oxygen atoms in total. The summed E-state index contributed by atoms with van der Waals surface area (Å²) in [6.45, 7) is 2.01. The van der Waals surface area contributed by atoms with Gasteiger partial charge in [0, 0.05) is 15.6 Å². The van der Waals surface area contributed by atoms with Gasteiger partial charge in [0.25, 0.3) is 5.91 Å². The molecule has 2 amide bonds. The SMILES string of the molecule is CCOC(=O)c1c(N=C[C@H]2C(=O)NC(=S)N(c3ccc(Br)cc3)C2=O)sc2c1CCCC2. The van der Waals surface area contributed by atoms with Gasteiger partial charge in [-0.05, 0) is 74.7 Å². The lowest BCUT2D eigenvalue weighted by molar-refractivity contribution is -0.130. The molecule has 2 heterocycles. The molecule has 10 heteroatoms. The highest BCUT2D eigenvalue weighted by molar-refractivity contribution is 9.10. The minimum atomic E-state index is -1.17. The summed E-state index contributed by atoms with van der Waals surface area (Å²) in [5.74, 6) is -2.63. The number of carbonyl (C=O) groups is 3. The van der Waals surface area contributed by atoms with Crippen molar-refractivity contribution in [2.75, 3.05) is 11.5 Å². The third-order valence-electron chi connectivity index (χ3n) is 5.26. The molecule has 0 spiro atoms. The molecule has 32 heavy (non-hydrogen) atoms. The number of amides is 2. The van der Waals surface area contributed by atoms with E-state index in [0.29, 0.717) is 16.3 Å². The average molecular weight is 534 g/mol. The molecule has 1 saturated heterocycles. The molecule has 2 aliphatic rings. The van der Waals surface area contributed by atoms with Crippen LogP contribution in [-0.2, 0) is 27.2 Å². The van der Waals surface area contributed by atoms with Crippen LogP contribution in [-0.4, -0.2) is 35.7 Å². The number of esters is 1. The number of carbonyl (C=O) groups excluding carboxylic acids is 3. The van der Waals surface area contributed by atoms with Crippen molar-refractivity contribution in [3.05, 3.63) is 44.7 Å². The number of rotatable bonds is 5. The van der Waals surface area contributed by atoms with Gasteiger partial charge in [-0.3, -0.25) is 14.5 Å². The van der Waals surface area contributed by atoms with Gasteiger partial charge in [0.15, 0.2) is 11.0 Å². The number of nitrogens with zero attached hydrogens (tertiary/aromatic N) is 2. The fourth-order valence-corrected chi connectivity index (χ4v) is 5.54. The largest absolute Gasteiger partial charge is 0.462 e. The average Bonchev–Trinajstić information content (AvgIpc) is 3.13. The van der Waals surface area contributed by atoms with E-state index in [4.69, 9.17) is 17.0 Å².